The number of carbonyl (C=O) groups excluding carboxylic acids is 1. The molecule has 0 saturated heterocycles. The molecule has 1 amide bonds. The summed E-state index contributed by atoms with van der Waals surface area (Å²) in [6, 6.07) is 0.197. The second kappa shape index (κ2) is 5.81. The van der Waals surface area contributed by atoms with Gasteiger partial charge in [0.2, 0.25) is 11.5 Å². The molecule has 0 aromatic carbocycles. The average molecular weight is 280 g/mol. The SMILES string of the molecule is CCC(C)(C)C1CCC(NC(=O)c2nonc2N)CC1. The monoisotopic (exact) mass is 280 g/mol. The van der Waals surface area contributed by atoms with Gasteiger partial charge in [0, 0.05) is 6.04 Å². The van der Waals surface area contributed by atoms with Crippen LogP contribution in [0, 0.1) is 11.3 Å². The topological polar surface area (TPSA) is 94.0 Å². The van der Waals surface area contributed by atoms with Gasteiger partial charge < -0.3 is 11.1 Å². The van der Waals surface area contributed by atoms with Crippen LogP contribution in [0.4, 0.5) is 5.82 Å². The van der Waals surface area contributed by atoms with Crippen LogP contribution in [0.1, 0.15) is 63.4 Å². The van der Waals surface area contributed by atoms with E-state index in [9.17, 15) is 4.79 Å². The van der Waals surface area contributed by atoms with E-state index in [1.54, 1.807) is 0 Å². The van der Waals surface area contributed by atoms with Crippen LogP contribution in [0.3, 0.4) is 0 Å². The van der Waals surface area contributed by atoms with Crippen LogP contribution < -0.4 is 11.1 Å². The Hall–Kier alpha value is -1.59. The summed E-state index contributed by atoms with van der Waals surface area (Å²) >= 11 is 0. The molecule has 1 fully saturated rings. The van der Waals surface area contributed by atoms with Crippen LogP contribution >= 0.6 is 0 Å². The highest BCUT2D eigenvalue weighted by Crippen LogP contribution is 2.40. The van der Waals surface area contributed by atoms with Crippen molar-refractivity contribution in [3.8, 4) is 0 Å². The van der Waals surface area contributed by atoms with Crippen molar-refractivity contribution in [2.45, 2.75) is 58.9 Å². The molecule has 0 bridgehead atoms. The second-order valence-electron chi connectivity index (χ2n) is 6.36. The Bertz CT molecular complexity index is 461. The molecule has 1 aromatic heterocycles. The molecule has 0 aliphatic heterocycles. The lowest BCUT2D eigenvalue weighted by Crippen LogP contribution is -2.40. The van der Waals surface area contributed by atoms with E-state index in [1.165, 1.54) is 6.42 Å². The van der Waals surface area contributed by atoms with Gasteiger partial charge in [0.15, 0.2) is 0 Å². The fourth-order valence-corrected chi connectivity index (χ4v) is 2.91. The molecule has 112 valence electrons. The van der Waals surface area contributed by atoms with Gasteiger partial charge in [-0.3, -0.25) is 4.79 Å². The molecule has 20 heavy (non-hydrogen) atoms. The first-order valence-electron chi connectivity index (χ1n) is 7.33. The number of aromatic nitrogens is 2. The number of anilines is 1. The van der Waals surface area contributed by atoms with Gasteiger partial charge in [-0.25, -0.2) is 4.63 Å². The highest BCUT2D eigenvalue weighted by Gasteiger charge is 2.32. The minimum Gasteiger partial charge on any atom is -0.379 e. The molecule has 0 radical (unpaired) electrons. The van der Waals surface area contributed by atoms with Crippen LogP contribution in [0.25, 0.3) is 0 Å². The van der Waals surface area contributed by atoms with E-state index < -0.39 is 0 Å². The summed E-state index contributed by atoms with van der Waals surface area (Å²) in [7, 11) is 0. The van der Waals surface area contributed by atoms with Crippen molar-refractivity contribution >= 4 is 11.7 Å². The van der Waals surface area contributed by atoms with E-state index in [4.69, 9.17) is 5.73 Å². The normalized spacial score (nSPS) is 23.6. The van der Waals surface area contributed by atoms with Crippen molar-refractivity contribution in [3.63, 3.8) is 0 Å². The summed E-state index contributed by atoms with van der Waals surface area (Å²) in [5.74, 6) is 0.490. The Morgan fingerprint density at radius 2 is 2.00 bits per heavy atom. The Balaban J connectivity index is 1.86. The van der Waals surface area contributed by atoms with Gasteiger partial charge in [0.25, 0.3) is 5.91 Å². The number of rotatable bonds is 4. The smallest absolute Gasteiger partial charge is 0.277 e. The first-order valence-corrected chi connectivity index (χ1v) is 7.33. The summed E-state index contributed by atoms with van der Waals surface area (Å²) in [5.41, 5.74) is 5.98. The van der Waals surface area contributed by atoms with E-state index in [2.05, 4.69) is 41.0 Å². The van der Waals surface area contributed by atoms with E-state index >= 15 is 0 Å². The van der Waals surface area contributed by atoms with Crippen molar-refractivity contribution in [1.29, 1.82) is 0 Å². The number of hydrogen-bond acceptors (Lipinski definition) is 5. The third-order valence-corrected chi connectivity index (χ3v) is 4.81. The number of amides is 1. The molecule has 3 N–H and O–H groups in total. The van der Waals surface area contributed by atoms with Gasteiger partial charge in [-0.2, -0.15) is 0 Å². The first kappa shape index (κ1) is 14.8. The fourth-order valence-electron chi connectivity index (χ4n) is 2.91. The molecule has 1 aromatic rings. The Labute approximate surface area is 119 Å². The minimum absolute atomic E-state index is 0.0447. The maximum absolute atomic E-state index is 12.0. The highest BCUT2D eigenvalue weighted by molar-refractivity contribution is 5.96. The summed E-state index contributed by atoms with van der Waals surface area (Å²) in [4.78, 5) is 12.0. The molecule has 1 heterocycles. The predicted molar refractivity (Wildman–Crippen MR) is 76.0 cm³/mol. The number of nitrogen functional groups attached to an aromatic ring is 1. The lowest BCUT2D eigenvalue weighted by atomic mass is 9.69. The standard InChI is InChI=1S/C14H24N4O2/c1-4-14(2,3)9-5-7-10(8-6-9)16-13(19)11-12(15)18-20-17-11/h9-10H,4-8H2,1-3H3,(H2,15,18)(H,16,19). The van der Waals surface area contributed by atoms with Crippen molar-refractivity contribution in [1.82, 2.24) is 15.6 Å². The van der Waals surface area contributed by atoms with Gasteiger partial charge >= 0.3 is 0 Å². The quantitative estimate of drug-likeness (QED) is 0.883. The molecule has 0 spiro atoms. The molecule has 1 aliphatic carbocycles. The van der Waals surface area contributed by atoms with Crippen LogP contribution in [-0.4, -0.2) is 22.3 Å². The van der Waals surface area contributed by atoms with Crippen molar-refractivity contribution < 1.29 is 9.42 Å². The number of nitrogens with zero attached hydrogens (tertiary/aromatic N) is 2. The predicted octanol–water partition coefficient (Wildman–Crippen LogP) is 2.38. The number of nitrogens with two attached hydrogens (primary N) is 1. The average Bonchev–Trinajstić information content (AvgIpc) is 2.85. The Morgan fingerprint density at radius 1 is 1.35 bits per heavy atom. The fraction of sp³-hybridized carbons (Fsp3) is 0.786. The van der Waals surface area contributed by atoms with Gasteiger partial charge in [-0.15, -0.1) is 0 Å². The molecule has 6 heteroatoms. The molecular weight excluding hydrogens is 256 g/mol. The number of carbonyl (C=O) groups is 1. The lowest BCUT2D eigenvalue weighted by Gasteiger charge is -2.39. The molecular formula is C14H24N4O2. The molecule has 1 aliphatic rings. The zero-order chi connectivity index (χ0) is 14.8. The van der Waals surface area contributed by atoms with Crippen LogP contribution in [0.5, 0.6) is 0 Å². The minimum atomic E-state index is -0.290. The van der Waals surface area contributed by atoms with Gasteiger partial charge in [-0.05, 0) is 47.3 Å². The van der Waals surface area contributed by atoms with Gasteiger partial charge in [-0.1, -0.05) is 27.2 Å². The van der Waals surface area contributed by atoms with Gasteiger partial charge in [0.1, 0.15) is 0 Å². The van der Waals surface area contributed by atoms with Crippen molar-refractivity contribution in [2.24, 2.45) is 11.3 Å². The summed E-state index contributed by atoms with van der Waals surface area (Å²) < 4.78 is 4.45. The second-order valence-corrected chi connectivity index (χ2v) is 6.36. The van der Waals surface area contributed by atoms with Crippen molar-refractivity contribution in [2.75, 3.05) is 5.73 Å². The van der Waals surface area contributed by atoms with Crippen LogP contribution in [0.15, 0.2) is 4.63 Å². The zero-order valence-electron chi connectivity index (χ0n) is 12.5. The summed E-state index contributed by atoms with van der Waals surface area (Å²) in [6.07, 6.45) is 5.50. The molecule has 0 unspecified atom stereocenters. The molecule has 1 saturated carbocycles. The maximum atomic E-state index is 12.0. The van der Waals surface area contributed by atoms with Crippen LogP contribution in [0.2, 0.25) is 0 Å². The largest absolute Gasteiger partial charge is 0.379 e. The molecule has 0 atom stereocenters. The highest BCUT2D eigenvalue weighted by atomic mass is 16.6. The number of hydrogen-bond donors (Lipinski definition) is 2. The van der Waals surface area contributed by atoms with E-state index in [-0.39, 0.29) is 23.5 Å². The Kier molecular flexibility index (Phi) is 4.30. The lowest BCUT2D eigenvalue weighted by molar-refractivity contribution is 0.0884. The molecule has 2 rings (SSSR count). The third-order valence-electron chi connectivity index (χ3n) is 4.81. The number of nitrogens with one attached hydrogen (secondary N) is 1. The van der Waals surface area contributed by atoms with Crippen LogP contribution in [-0.2, 0) is 0 Å². The Morgan fingerprint density at radius 3 is 2.50 bits per heavy atom. The third kappa shape index (κ3) is 3.11. The zero-order valence-corrected chi connectivity index (χ0v) is 12.5. The summed E-state index contributed by atoms with van der Waals surface area (Å²) in [5, 5.41) is 9.91. The maximum Gasteiger partial charge on any atom is 0.277 e. The van der Waals surface area contributed by atoms with E-state index in [1.807, 2.05) is 0 Å². The molecule has 6 nitrogen and oxygen atoms in total. The van der Waals surface area contributed by atoms with Crippen molar-refractivity contribution in [3.05, 3.63) is 5.69 Å². The van der Waals surface area contributed by atoms with E-state index in [0.717, 1.165) is 31.6 Å². The van der Waals surface area contributed by atoms with E-state index in [0.29, 0.717) is 5.41 Å². The van der Waals surface area contributed by atoms with Gasteiger partial charge in [0.05, 0.1) is 0 Å². The summed E-state index contributed by atoms with van der Waals surface area (Å²) in [6.45, 7) is 6.91. The first-order chi connectivity index (χ1) is 9.44.